The van der Waals surface area contributed by atoms with Crippen LogP contribution in [0.3, 0.4) is 0 Å². The van der Waals surface area contributed by atoms with Crippen molar-refractivity contribution in [2.45, 2.75) is 18.7 Å². The van der Waals surface area contributed by atoms with Gasteiger partial charge in [0.1, 0.15) is 5.69 Å². The van der Waals surface area contributed by atoms with Crippen LogP contribution >= 0.6 is 0 Å². The number of sulfonamides is 1. The number of carbonyl (C=O) groups excluding carboxylic acids is 1. The second kappa shape index (κ2) is 10.3. The molecule has 1 aromatic heterocycles. The van der Waals surface area contributed by atoms with Gasteiger partial charge in [0, 0.05) is 45.4 Å². The molecule has 37 heavy (non-hydrogen) atoms. The van der Waals surface area contributed by atoms with Gasteiger partial charge in [-0.3, -0.25) is 29.3 Å². The third-order valence-electron chi connectivity index (χ3n) is 6.52. The average molecular weight is 529 g/mol. The largest absolute Gasteiger partial charge is 0.319 e. The number of para-hydroxylation sites is 1. The summed E-state index contributed by atoms with van der Waals surface area (Å²) in [6.45, 7) is 4.17. The summed E-state index contributed by atoms with van der Waals surface area (Å²) in [5.41, 5.74) is 1.26. The molecule has 1 fully saturated rings. The second-order valence-electron chi connectivity index (χ2n) is 8.87. The molecule has 0 unspecified atom stereocenters. The molecule has 1 N–H and O–H groups in total. The van der Waals surface area contributed by atoms with Gasteiger partial charge in [-0.1, -0.05) is 24.3 Å². The number of nitro benzene ring substituents is 1. The van der Waals surface area contributed by atoms with Gasteiger partial charge in [-0.05, 0) is 31.5 Å². The number of anilines is 1. The van der Waals surface area contributed by atoms with Crippen LogP contribution in [0.1, 0.15) is 11.3 Å². The van der Waals surface area contributed by atoms with Crippen LogP contribution in [0.2, 0.25) is 0 Å². The Morgan fingerprint density at radius 3 is 2.32 bits per heavy atom. The lowest BCUT2D eigenvalue weighted by molar-refractivity contribution is -0.385. The standard InChI is InChI=1S/C24H28N6O6S/c1-17-9-10-20(30(33)34)15-21(17)37(35,36)28-13-11-27(12-14-28)16-22(31)25-23-18(2)26(3)29(24(23)32)19-7-5-4-6-8-19/h4-10,15H,11-14,16H2,1-3H3,(H,25,31). The highest BCUT2D eigenvalue weighted by atomic mass is 32.2. The van der Waals surface area contributed by atoms with E-state index in [1.165, 1.54) is 21.1 Å². The molecule has 0 saturated carbocycles. The van der Waals surface area contributed by atoms with Crippen molar-refractivity contribution in [2.24, 2.45) is 7.05 Å². The van der Waals surface area contributed by atoms with E-state index in [0.717, 1.165) is 6.07 Å². The van der Waals surface area contributed by atoms with Crippen LogP contribution in [0.5, 0.6) is 0 Å². The Kier molecular flexibility index (Phi) is 7.30. The van der Waals surface area contributed by atoms with Gasteiger partial charge in [0.15, 0.2) is 0 Å². The van der Waals surface area contributed by atoms with Crippen molar-refractivity contribution >= 4 is 27.3 Å². The van der Waals surface area contributed by atoms with Crippen molar-refractivity contribution in [1.29, 1.82) is 0 Å². The van der Waals surface area contributed by atoms with E-state index >= 15 is 0 Å². The van der Waals surface area contributed by atoms with E-state index in [4.69, 9.17) is 0 Å². The monoisotopic (exact) mass is 528 g/mol. The summed E-state index contributed by atoms with van der Waals surface area (Å²) < 4.78 is 30.7. The van der Waals surface area contributed by atoms with Crippen molar-refractivity contribution in [3.8, 4) is 5.69 Å². The molecule has 196 valence electrons. The Hall–Kier alpha value is -3.81. The molecule has 1 aliphatic rings. The van der Waals surface area contributed by atoms with Crippen molar-refractivity contribution in [3.63, 3.8) is 0 Å². The first kappa shape index (κ1) is 26.3. The molecular formula is C24H28N6O6S. The summed E-state index contributed by atoms with van der Waals surface area (Å²) in [4.78, 5) is 38.0. The first-order valence-corrected chi connectivity index (χ1v) is 13.1. The van der Waals surface area contributed by atoms with Crippen LogP contribution in [-0.4, -0.2) is 70.5 Å². The summed E-state index contributed by atoms with van der Waals surface area (Å²) in [5.74, 6) is -0.378. The number of nitro groups is 1. The van der Waals surface area contributed by atoms with Crippen LogP contribution in [0, 0.1) is 24.0 Å². The number of non-ortho nitro benzene ring substituents is 1. The van der Waals surface area contributed by atoms with E-state index in [2.05, 4.69) is 5.32 Å². The maximum atomic E-state index is 13.1. The lowest BCUT2D eigenvalue weighted by Gasteiger charge is -2.33. The molecule has 1 aliphatic heterocycles. The van der Waals surface area contributed by atoms with Crippen LogP contribution < -0.4 is 10.9 Å². The number of benzene rings is 2. The van der Waals surface area contributed by atoms with Gasteiger partial charge in [-0.25, -0.2) is 13.1 Å². The van der Waals surface area contributed by atoms with Gasteiger partial charge in [0.2, 0.25) is 15.9 Å². The van der Waals surface area contributed by atoms with Gasteiger partial charge in [0.25, 0.3) is 11.2 Å². The van der Waals surface area contributed by atoms with E-state index in [0.29, 0.717) is 30.0 Å². The van der Waals surface area contributed by atoms with Gasteiger partial charge in [0.05, 0.1) is 27.7 Å². The molecule has 3 aromatic rings. The highest BCUT2D eigenvalue weighted by Gasteiger charge is 2.31. The van der Waals surface area contributed by atoms with Gasteiger partial charge >= 0.3 is 0 Å². The van der Waals surface area contributed by atoms with Gasteiger partial charge < -0.3 is 5.32 Å². The zero-order valence-electron chi connectivity index (χ0n) is 20.7. The Bertz CT molecular complexity index is 1500. The average Bonchev–Trinajstić information content (AvgIpc) is 3.07. The lowest BCUT2D eigenvalue weighted by Crippen LogP contribution is -2.50. The second-order valence-corrected chi connectivity index (χ2v) is 10.8. The zero-order chi connectivity index (χ0) is 26.9. The molecule has 12 nitrogen and oxygen atoms in total. The first-order valence-electron chi connectivity index (χ1n) is 11.6. The number of aryl methyl sites for hydroxylation is 1. The molecule has 2 heterocycles. The van der Waals surface area contributed by atoms with Gasteiger partial charge in [-0.2, -0.15) is 4.31 Å². The molecule has 0 bridgehead atoms. The molecule has 1 amide bonds. The molecule has 0 atom stereocenters. The first-order chi connectivity index (χ1) is 17.5. The van der Waals surface area contributed by atoms with E-state index in [-0.39, 0.29) is 47.4 Å². The zero-order valence-corrected chi connectivity index (χ0v) is 21.6. The molecule has 2 aromatic carbocycles. The van der Waals surface area contributed by atoms with Crippen LogP contribution in [0.15, 0.2) is 58.2 Å². The Labute approximate surface area is 213 Å². The maximum Gasteiger partial charge on any atom is 0.295 e. The predicted molar refractivity (Wildman–Crippen MR) is 137 cm³/mol. The number of rotatable bonds is 7. The fourth-order valence-electron chi connectivity index (χ4n) is 4.34. The molecule has 1 saturated heterocycles. The van der Waals surface area contributed by atoms with E-state index in [1.54, 1.807) is 42.6 Å². The highest BCUT2D eigenvalue weighted by Crippen LogP contribution is 2.25. The number of aromatic nitrogens is 2. The predicted octanol–water partition coefficient (Wildman–Crippen LogP) is 1.65. The maximum absolute atomic E-state index is 13.1. The Morgan fingerprint density at radius 1 is 1.05 bits per heavy atom. The van der Waals surface area contributed by atoms with Crippen LogP contribution in [-0.2, 0) is 21.9 Å². The minimum absolute atomic E-state index is 0.0111. The Morgan fingerprint density at radius 2 is 1.70 bits per heavy atom. The van der Waals surface area contributed by atoms with Crippen molar-refractivity contribution < 1.29 is 18.1 Å². The number of nitrogens with one attached hydrogen (secondary N) is 1. The molecule has 0 spiro atoms. The van der Waals surface area contributed by atoms with Crippen LogP contribution in [0.4, 0.5) is 11.4 Å². The summed E-state index contributed by atoms with van der Waals surface area (Å²) in [6.07, 6.45) is 0. The lowest BCUT2D eigenvalue weighted by atomic mass is 10.2. The number of carbonyl (C=O) groups is 1. The number of hydrogen-bond donors (Lipinski definition) is 1. The van der Waals surface area contributed by atoms with Crippen molar-refractivity contribution in [3.05, 3.63) is 80.3 Å². The minimum atomic E-state index is -3.93. The summed E-state index contributed by atoms with van der Waals surface area (Å²) >= 11 is 0. The van der Waals surface area contributed by atoms with E-state index in [9.17, 15) is 28.1 Å². The van der Waals surface area contributed by atoms with E-state index in [1.807, 2.05) is 18.2 Å². The van der Waals surface area contributed by atoms with Crippen molar-refractivity contribution in [1.82, 2.24) is 18.6 Å². The van der Waals surface area contributed by atoms with E-state index < -0.39 is 14.9 Å². The molecule has 0 radical (unpaired) electrons. The number of piperazine rings is 1. The molecule has 0 aliphatic carbocycles. The fourth-order valence-corrected chi connectivity index (χ4v) is 6.01. The topological polar surface area (TPSA) is 140 Å². The fraction of sp³-hybridized carbons (Fsp3) is 0.333. The van der Waals surface area contributed by atoms with Crippen LogP contribution in [0.25, 0.3) is 5.69 Å². The quantitative estimate of drug-likeness (QED) is 0.363. The van der Waals surface area contributed by atoms with Crippen molar-refractivity contribution in [2.75, 3.05) is 38.0 Å². The Balaban J connectivity index is 1.41. The highest BCUT2D eigenvalue weighted by molar-refractivity contribution is 7.89. The normalized spacial score (nSPS) is 15.0. The number of hydrogen-bond acceptors (Lipinski definition) is 7. The minimum Gasteiger partial charge on any atom is -0.319 e. The summed E-state index contributed by atoms with van der Waals surface area (Å²) in [6, 6.07) is 12.9. The third kappa shape index (κ3) is 5.19. The summed E-state index contributed by atoms with van der Waals surface area (Å²) in [7, 11) is -2.20. The smallest absolute Gasteiger partial charge is 0.295 e. The number of nitrogens with zero attached hydrogens (tertiary/aromatic N) is 5. The third-order valence-corrected chi connectivity index (χ3v) is 8.56. The number of amides is 1. The summed E-state index contributed by atoms with van der Waals surface area (Å²) in [5, 5.41) is 13.8. The molecule has 4 rings (SSSR count). The van der Waals surface area contributed by atoms with Gasteiger partial charge in [-0.15, -0.1) is 0 Å². The molecule has 13 heteroatoms. The molecular weight excluding hydrogens is 500 g/mol. The SMILES string of the molecule is Cc1ccc([N+](=O)[O-])cc1S(=O)(=O)N1CCN(CC(=O)Nc2c(C)n(C)n(-c3ccccc3)c2=O)CC1.